The molecule has 22 heavy (non-hydrogen) atoms. The van der Waals surface area contributed by atoms with Crippen molar-refractivity contribution < 1.29 is 55.5 Å². The molecule has 0 aliphatic carbocycles. The second kappa shape index (κ2) is 12.5. The lowest BCUT2D eigenvalue weighted by Gasteiger charge is -2.19. The molecule has 0 aliphatic rings. The van der Waals surface area contributed by atoms with Crippen molar-refractivity contribution in [1.29, 1.82) is 0 Å². The SMILES string of the molecule is O=C(CO)[C@@H](O)[C@@H](O)[C@H](O)CO.O=C[C@H](O)[C@@H](O)[C@H](O)CO. The zero-order valence-corrected chi connectivity index (χ0v) is 11.5. The Morgan fingerprint density at radius 1 is 0.818 bits per heavy atom. The van der Waals surface area contributed by atoms with Crippen molar-refractivity contribution in [1.82, 2.24) is 0 Å². The van der Waals surface area contributed by atoms with Crippen molar-refractivity contribution in [2.45, 2.75) is 36.6 Å². The summed E-state index contributed by atoms with van der Waals surface area (Å²) in [6.07, 6.45) is -9.85. The van der Waals surface area contributed by atoms with Crippen molar-refractivity contribution in [3.05, 3.63) is 0 Å². The van der Waals surface area contributed by atoms with Gasteiger partial charge in [-0.2, -0.15) is 0 Å². The van der Waals surface area contributed by atoms with Crippen molar-refractivity contribution in [2.75, 3.05) is 19.8 Å². The summed E-state index contributed by atoms with van der Waals surface area (Å²) in [6, 6.07) is 0. The first-order valence-electron chi connectivity index (χ1n) is 6.06. The third-order valence-electron chi connectivity index (χ3n) is 2.46. The fourth-order valence-corrected chi connectivity index (χ4v) is 1.02. The lowest BCUT2D eigenvalue weighted by atomic mass is 10.1. The number of hydrogen-bond acceptors (Lipinski definition) is 11. The Kier molecular flexibility index (Phi) is 13.2. The van der Waals surface area contributed by atoms with Gasteiger partial charge in [-0.3, -0.25) is 4.79 Å². The van der Waals surface area contributed by atoms with Crippen LogP contribution < -0.4 is 0 Å². The van der Waals surface area contributed by atoms with E-state index in [0.29, 0.717) is 0 Å². The standard InChI is InChI=1S/C6H12O6.C5H10O5/c7-1-3(9)5(11)6(12)4(10)2-8;6-1-3(8)5(10)4(9)2-7/h3,5-9,11-12H,1-2H2;1,3-5,7-10H,2H2/t3-,5+,6-;3-,4+,5+/m10/s1. The zero-order valence-electron chi connectivity index (χ0n) is 11.5. The van der Waals surface area contributed by atoms with Gasteiger partial charge < -0.3 is 50.8 Å². The van der Waals surface area contributed by atoms with Crippen LogP contribution in [0.5, 0.6) is 0 Å². The second-order valence-electron chi connectivity index (χ2n) is 4.18. The van der Waals surface area contributed by atoms with E-state index < -0.39 is 62.2 Å². The molecule has 9 N–H and O–H groups in total. The molecule has 0 aromatic rings. The van der Waals surface area contributed by atoms with E-state index in [4.69, 9.17) is 46.0 Å². The summed E-state index contributed by atoms with van der Waals surface area (Å²) in [5.41, 5.74) is 0. The first kappa shape index (κ1) is 23.2. The predicted octanol–water partition coefficient (Wildman–Crippen LogP) is -6.12. The van der Waals surface area contributed by atoms with E-state index in [9.17, 15) is 9.59 Å². The summed E-state index contributed by atoms with van der Waals surface area (Å²) in [5.74, 6) is -1.00. The highest BCUT2D eigenvalue weighted by atomic mass is 16.4. The second-order valence-corrected chi connectivity index (χ2v) is 4.18. The summed E-state index contributed by atoms with van der Waals surface area (Å²) in [6.45, 7) is -2.38. The number of aliphatic hydroxyl groups excluding tert-OH is 9. The number of carbonyl (C=O) groups is 2. The van der Waals surface area contributed by atoms with Crippen LogP contribution in [0.25, 0.3) is 0 Å². The van der Waals surface area contributed by atoms with Gasteiger partial charge >= 0.3 is 0 Å². The third kappa shape index (κ3) is 8.43. The van der Waals surface area contributed by atoms with Gasteiger partial charge in [-0.1, -0.05) is 0 Å². The number of hydrogen-bond donors (Lipinski definition) is 9. The summed E-state index contributed by atoms with van der Waals surface area (Å²) >= 11 is 0. The van der Waals surface area contributed by atoms with E-state index in [1.54, 1.807) is 0 Å². The summed E-state index contributed by atoms with van der Waals surface area (Å²) in [5, 5.41) is 77.1. The van der Waals surface area contributed by atoms with Crippen LogP contribution in [0.3, 0.4) is 0 Å². The molecule has 0 bridgehead atoms. The first-order valence-corrected chi connectivity index (χ1v) is 6.06. The lowest BCUT2D eigenvalue weighted by molar-refractivity contribution is -0.142. The minimum atomic E-state index is -1.86. The molecule has 0 spiro atoms. The first-order chi connectivity index (χ1) is 10.2. The van der Waals surface area contributed by atoms with Gasteiger partial charge in [0, 0.05) is 0 Å². The Balaban J connectivity index is 0. The summed E-state index contributed by atoms with van der Waals surface area (Å²) < 4.78 is 0. The van der Waals surface area contributed by atoms with Gasteiger partial charge in [0.2, 0.25) is 0 Å². The van der Waals surface area contributed by atoms with Crippen molar-refractivity contribution >= 4 is 12.1 Å². The van der Waals surface area contributed by atoms with Crippen LogP contribution in [-0.4, -0.2) is 114 Å². The average molecular weight is 330 g/mol. The minimum Gasteiger partial charge on any atom is -0.394 e. The number of Topliss-reactive ketones (excluding diaryl/α,β-unsaturated/α-hetero) is 1. The molecule has 0 saturated heterocycles. The Labute approximate surface area is 125 Å². The van der Waals surface area contributed by atoms with Gasteiger partial charge in [-0.25, -0.2) is 0 Å². The molecule has 132 valence electrons. The monoisotopic (exact) mass is 330 g/mol. The van der Waals surface area contributed by atoms with Crippen LogP contribution in [0.2, 0.25) is 0 Å². The minimum absolute atomic E-state index is 0.0869. The number of carbonyl (C=O) groups excluding carboxylic acids is 2. The molecule has 0 rings (SSSR count). The normalized spacial score (nSPS) is 19.0. The topological polar surface area (TPSA) is 216 Å². The molecule has 6 atom stereocenters. The van der Waals surface area contributed by atoms with Gasteiger partial charge in [-0.15, -0.1) is 0 Å². The Hall–Kier alpha value is -1.02. The van der Waals surface area contributed by atoms with Crippen LogP contribution in [0, 0.1) is 0 Å². The number of aldehydes is 1. The fraction of sp³-hybridized carbons (Fsp3) is 0.818. The van der Waals surface area contributed by atoms with E-state index in [1.807, 2.05) is 0 Å². The van der Waals surface area contributed by atoms with Crippen molar-refractivity contribution in [2.24, 2.45) is 0 Å². The van der Waals surface area contributed by atoms with Gasteiger partial charge in [0.25, 0.3) is 0 Å². The number of aliphatic hydroxyl groups is 9. The molecular formula is C11H22O11. The van der Waals surface area contributed by atoms with Crippen LogP contribution in [0.4, 0.5) is 0 Å². The molecule has 11 heteroatoms. The molecule has 0 unspecified atom stereocenters. The molecule has 0 saturated carbocycles. The molecular weight excluding hydrogens is 308 g/mol. The van der Waals surface area contributed by atoms with E-state index in [2.05, 4.69) is 0 Å². The highest BCUT2D eigenvalue weighted by molar-refractivity contribution is 5.84. The van der Waals surface area contributed by atoms with Crippen LogP contribution >= 0.6 is 0 Å². The Morgan fingerprint density at radius 3 is 1.55 bits per heavy atom. The molecule has 0 fully saturated rings. The summed E-state index contributed by atoms with van der Waals surface area (Å²) in [4.78, 5) is 20.3. The van der Waals surface area contributed by atoms with Gasteiger partial charge in [0.1, 0.15) is 43.2 Å². The Bertz CT molecular complexity index is 310. The van der Waals surface area contributed by atoms with Crippen LogP contribution in [-0.2, 0) is 9.59 Å². The maximum absolute atomic E-state index is 10.5. The molecule has 0 radical (unpaired) electrons. The molecule has 11 nitrogen and oxygen atoms in total. The van der Waals surface area contributed by atoms with E-state index in [1.165, 1.54) is 0 Å². The Morgan fingerprint density at radius 2 is 1.23 bits per heavy atom. The molecule has 0 amide bonds. The quantitative estimate of drug-likeness (QED) is 0.181. The van der Waals surface area contributed by atoms with Crippen LogP contribution in [0.15, 0.2) is 0 Å². The maximum Gasteiger partial charge on any atom is 0.189 e. The lowest BCUT2D eigenvalue weighted by Crippen LogP contribution is -2.44. The number of rotatable bonds is 9. The molecule has 0 heterocycles. The highest BCUT2D eigenvalue weighted by Gasteiger charge is 2.28. The largest absolute Gasteiger partial charge is 0.394 e. The molecule has 0 aromatic carbocycles. The average Bonchev–Trinajstić information content (AvgIpc) is 2.56. The molecule has 0 aromatic heterocycles. The predicted molar refractivity (Wildman–Crippen MR) is 68.4 cm³/mol. The molecule has 0 aliphatic heterocycles. The fourth-order valence-electron chi connectivity index (χ4n) is 1.02. The van der Waals surface area contributed by atoms with E-state index in [-0.39, 0.29) is 6.29 Å². The smallest absolute Gasteiger partial charge is 0.189 e. The zero-order chi connectivity index (χ0) is 17.9. The van der Waals surface area contributed by atoms with Gasteiger partial charge in [0.15, 0.2) is 12.1 Å². The number of ketones is 1. The van der Waals surface area contributed by atoms with Crippen molar-refractivity contribution in [3.8, 4) is 0 Å². The van der Waals surface area contributed by atoms with Gasteiger partial charge in [-0.05, 0) is 0 Å². The van der Waals surface area contributed by atoms with Crippen molar-refractivity contribution in [3.63, 3.8) is 0 Å². The highest BCUT2D eigenvalue weighted by Crippen LogP contribution is 2.00. The summed E-state index contributed by atoms with van der Waals surface area (Å²) in [7, 11) is 0. The maximum atomic E-state index is 10.5. The van der Waals surface area contributed by atoms with Gasteiger partial charge in [0.05, 0.1) is 13.2 Å². The van der Waals surface area contributed by atoms with Crippen LogP contribution in [0.1, 0.15) is 0 Å². The van der Waals surface area contributed by atoms with E-state index in [0.717, 1.165) is 0 Å². The van der Waals surface area contributed by atoms with E-state index >= 15 is 0 Å². The third-order valence-corrected chi connectivity index (χ3v) is 2.46.